The molecule has 4 rings (SSSR count). The third-order valence-electron chi connectivity index (χ3n) is 6.85. The molecule has 0 aliphatic carbocycles. The summed E-state index contributed by atoms with van der Waals surface area (Å²) in [5, 5.41) is 23.7. The van der Waals surface area contributed by atoms with Crippen LogP contribution >= 0.6 is 23.2 Å². The Morgan fingerprint density at radius 2 is 1.97 bits per heavy atom. The summed E-state index contributed by atoms with van der Waals surface area (Å²) >= 11 is 12.9. The highest BCUT2D eigenvalue weighted by Gasteiger charge is 2.27. The number of pyridine rings is 1. The lowest BCUT2D eigenvalue weighted by atomic mass is 9.96. The number of hydrogen-bond acceptors (Lipinski definition) is 8. The van der Waals surface area contributed by atoms with Crippen LogP contribution in [0.1, 0.15) is 44.9 Å². The first-order chi connectivity index (χ1) is 18.5. The van der Waals surface area contributed by atoms with Crippen molar-refractivity contribution in [2.24, 2.45) is 22.9 Å². The van der Waals surface area contributed by atoms with Crippen LogP contribution in [0, 0.1) is 22.7 Å². The molecule has 8 nitrogen and oxygen atoms in total. The number of hydrazine groups is 1. The maximum atomic E-state index is 9.79. The highest BCUT2D eigenvalue weighted by atomic mass is 35.5. The molecule has 1 saturated heterocycles. The van der Waals surface area contributed by atoms with Gasteiger partial charge in [0.15, 0.2) is 0 Å². The minimum atomic E-state index is -0.426. The SMILES string of the molecule is CC1CNCC1N(N)/C=C(\N)C(Nc1cc(Cl)c2ncc(C#N)c(NCC(C)(C)C)c2c1)c1ccc(Cl)cc1. The third-order valence-corrected chi connectivity index (χ3v) is 7.39. The second kappa shape index (κ2) is 11.9. The van der Waals surface area contributed by atoms with Crippen molar-refractivity contribution in [3.8, 4) is 6.07 Å². The first-order valence-electron chi connectivity index (χ1n) is 13.0. The summed E-state index contributed by atoms with van der Waals surface area (Å²) in [6, 6.07) is 13.2. The Bertz CT molecular complexity index is 1390. The number of nitrogens with one attached hydrogen (secondary N) is 3. The topological polar surface area (TPSA) is 128 Å². The van der Waals surface area contributed by atoms with Gasteiger partial charge in [-0.05, 0) is 47.7 Å². The second-order valence-electron chi connectivity index (χ2n) is 11.3. The number of rotatable bonds is 8. The molecule has 0 radical (unpaired) electrons. The number of halogens is 2. The number of fused-ring (bicyclic) bond motifs is 1. The van der Waals surface area contributed by atoms with Gasteiger partial charge in [0.25, 0.3) is 0 Å². The Balaban J connectivity index is 1.75. The molecule has 1 aliphatic heterocycles. The van der Waals surface area contributed by atoms with Gasteiger partial charge in [0.1, 0.15) is 6.07 Å². The average molecular weight is 568 g/mol. The van der Waals surface area contributed by atoms with E-state index in [1.807, 2.05) is 36.4 Å². The van der Waals surface area contributed by atoms with Crippen LogP contribution in [0.5, 0.6) is 0 Å². The van der Waals surface area contributed by atoms with Crippen molar-refractivity contribution in [2.75, 3.05) is 30.3 Å². The van der Waals surface area contributed by atoms with E-state index in [0.29, 0.717) is 45.0 Å². The van der Waals surface area contributed by atoms with Crippen molar-refractivity contribution >= 4 is 45.5 Å². The molecule has 1 fully saturated rings. The molecule has 3 atom stereocenters. The van der Waals surface area contributed by atoms with Gasteiger partial charge in [0.2, 0.25) is 0 Å². The Morgan fingerprint density at radius 1 is 1.26 bits per heavy atom. The molecule has 1 aliphatic rings. The zero-order valence-corrected chi connectivity index (χ0v) is 24.2. The number of benzene rings is 2. The van der Waals surface area contributed by atoms with Crippen LogP contribution in [-0.2, 0) is 0 Å². The van der Waals surface area contributed by atoms with E-state index >= 15 is 0 Å². The monoisotopic (exact) mass is 566 g/mol. The van der Waals surface area contributed by atoms with Crippen LogP contribution in [0.25, 0.3) is 10.9 Å². The number of hydrogen-bond donors (Lipinski definition) is 5. The first kappa shape index (κ1) is 28.8. The van der Waals surface area contributed by atoms with E-state index in [0.717, 1.165) is 29.7 Å². The summed E-state index contributed by atoms with van der Waals surface area (Å²) in [5.74, 6) is 6.83. The molecule has 3 unspecified atom stereocenters. The summed E-state index contributed by atoms with van der Waals surface area (Å²) in [6.07, 6.45) is 3.34. The van der Waals surface area contributed by atoms with E-state index in [9.17, 15) is 5.26 Å². The van der Waals surface area contributed by atoms with Crippen LogP contribution in [0.2, 0.25) is 10.0 Å². The van der Waals surface area contributed by atoms with Crippen molar-refractivity contribution in [1.29, 1.82) is 5.26 Å². The summed E-state index contributed by atoms with van der Waals surface area (Å²) in [5.41, 5.74) is 10.6. The highest BCUT2D eigenvalue weighted by molar-refractivity contribution is 6.36. The predicted molar refractivity (Wildman–Crippen MR) is 161 cm³/mol. The molecule has 206 valence electrons. The van der Waals surface area contributed by atoms with Gasteiger partial charge >= 0.3 is 0 Å². The van der Waals surface area contributed by atoms with Gasteiger partial charge in [-0.1, -0.05) is 63.0 Å². The van der Waals surface area contributed by atoms with E-state index in [4.69, 9.17) is 34.8 Å². The lowest BCUT2D eigenvalue weighted by Gasteiger charge is -2.28. The average Bonchev–Trinajstić information content (AvgIpc) is 3.31. The van der Waals surface area contributed by atoms with Gasteiger partial charge in [-0.25, -0.2) is 5.84 Å². The zero-order chi connectivity index (χ0) is 28.3. The standard InChI is InChI=1S/C29H36Cl2N8/c1-17-12-35-14-25(17)39(34)15-24(33)27(18-5-7-20(30)8-6-18)38-21-9-22-26(37-16-29(2,3)4)19(11-32)13-36-28(22)23(31)10-21/h5-10,13,15,17,25,27,35,38H,12,14,16,33-34H2,1-4H3,(H,36,37)/b24-15-. The normalized spacial score (nSPS) is 18.6. The van der Waals surface area contributed by atoms with Crippen molar-refractivity contribution in [1.82, 2.24) is 15.3 Å². The van der Waals surface area contributed by atoms with E-state index in [-0.39, 0.29) is 11.5 Å². The van der Waals surface area contributed by atoms with Gasteiger partial charge in [-0.3, -0.25) is 4.98 Å². The molecule has 2 aromatic carbocycles. The van der Waals surface area contributed by atoms with Crippen molar-refractivity contribution in [3.05, 3.63) is 75.7 Å². The van der Waals surface area contributed by atoms with Crippen molar-refractivity contribution < 1.29 is 0 Å². The smallest absolute Gasteiger partial charge is 0.103 e. The van der Waals surface area contributed by atoms with Crippen molar-refractivity contribution in [3.63, 3.8) is 0 Å². The van der Waals surface area contributed by atoms with Crippen LogP contribution in [0.3, 0.4) is 0 Å². The van der Waals surface area contributed by atoms with Gasteiger partial charge in [-0.2, -0.15) is 5.26 Å². The molecule has 3 aromatic rings. The summed E-state index contributed by atoms with van der Waals surface area (Å²) in [7, 11) is 0. The van der Waals surface area contributed by atoms with Crippen LogP contribution in [-0.4, -0.2) is 35.7 Å². The van der Waals surface area contributed by atoms with Gasteiger partial charge in [-0.15, -0.1) is 0 Å². The van der Waals surface area contributed by atoms with Gasteiger partial charge in [0, 0.05) is 41.6 Å². The fourth-order valence-corrected chi connectivity index (χ4v) is 5.08. The van der Waals surface area contributed by atoms with E-state index < -0.39 is 6.04 Å². The van der Waals surface area contributed by atoms with Crippen LogP contribution in [0.4, 0.5) is 11.4 Å². The molecular formula is C29H36Cl2N8. The Kier molecular flexibility index (Phi) is 8.77. The molecule has 39 heavy (non-hydrogen) atoms. The summed E-state index contributed by atoms with van der Waals surface area (Å²) in [6.45, 7) is 10.9. The Morgan fingerprint density at radius 3 is 2.59 bits per heavy atom. The fourth-order valence-electron chi connectivity index (χ4n) is 4.69. The molecule has 0 amide bonds. The first-order valence-corrected chi connectivity index (χ1v) is 13.7. The predicted octanol–water partition coefficient (Wildman–Crippen LogP) is 5.61. The summed E-state index contributed by atoms with van der Waals surface area (Å²) < 4.78 is 0. The number of nitrogens with zero attached hydrogens (tertiary/aromatic N) is 3. The van der Waals surface area contributed by atoms with Crippen LogP contribution in [0.15, 0.2) is 54.5 Å². The van der Waals surface area contributed by atoms with Gasteiger partial charge < -0.3 is 26.7 Å². The maximum Gasteiger partial charge on any atom is 0.103 e. The second-order valence-corrected chi connectivity index (χ2v) is 12.2. The third kappa shape index (κ3) is 6.87. The Hall–Kier alpha value is -3.22. The fraction of sp³-hybridized carbons (Fsp3) is 0.379. The molecule has 2 heterocycles. The highest BCUT2D eigenvalue weighted by Crippen LogP contribution is 2.36. The molecule has 1 aromatic heterocycles. The van der Waals surface area contributed by atoms with Crippen molar-refractivity contribution in [2.45, 2.75) is 39.8 Å². The lowest BCUT2D eigenvalue weighted by Crippen LogP contribution is -2.42. The minimum Gasteiger partial charge on any atom is -0.399 e. The van der Waals surface area contributed by atoms with E-state index in [1.54, 1.807) is 17.4 Å². The molecule has 0 saturated carbocycles. The zero-order valence-electron chi connectivity index (χ0n) is 22.7. The molecule has 10 heteroatoms. The Labute approximate surface area is 240 Å². The molecule has 0 spiro atoms. The molecule has 0 bridgehead atoms. The van der Waals surface area contributed by atoms with Crippen LogP contribution < -0.4 is 27.5 Å². The largest absolute Gasteiger partial charge is 0.399 e. The molecule has 7 N–H and O–H groups in total. The van der Waals surface area contributed by atoms with E-state index in [2.05, 4.69) is 54.7 Å². The number of nitrogens with two attached hydrogens (primary N) is 2. The number of nitriles is 1. The lowest BCUT2D eigenvalue weighted by molar-refractivity contribution is 0.254. The minimum absolute atomic E-state index is 0.00132. The van der Waals surface area contributed by atoms with Gasteiger partial charge in [0.05, 0.1) is 39.6 Å². The molecular weight excluding hydrogens is 531 g/mol. The number of aromatic nitrogens is 1. The summed E-state index contributed by atoms with van der Waals surface area (Å²) in [4.78, 5) is 4.47. The quantitative estimate of drug-likeness (QED) is 0.176. The van der Waals surface area contributed by atoms with E-state index in [1.165, 1.54) is 0 Å². The number of anilines is 2. The maximum absolute atomic E-state index is 9.79.